The zero-order valence-corrected chi connectivity index (χ0v) is 11.5. The van der Waals surface area contributed by atoms with Crippen molar-refractivity contribution in [3.05, 3.63) is 39.0 Å². The summed E-state index contributed by atoms with van der Waals surface area (Å²) in [5, 5.41) is 5.12. The number of fused-ring (bicyclic) bond motifs is 3. The van der Waals surface area contributed by atoms with Crippen LogP contribution in [0.1, 0.15) is 25.6 Å². The minimum absolute atomic E-state index is 0.190. The van der Waals surface area contributed by atoms with Gasteiger partial charge >= 0.3 is 5.69 Å². The van der Waals surface area contributed by atoms with Crippen LogP contribution in [0.4, 0.5) is 0 Å². The van der Waals surface area contributed by atoms with Gasteiger partial charge in [-0.3, -0.25) is 0 Å². The average Bonchev–Trinajstić information content (AvgIpc) is 2.74. The molecule has 5 nitrogen and oxygen atoms in total. The Morgan fingerprint density at radius 1 is 1.39 bits per heavy atom. The fraction of sp³-hybridized carbons (Fsp3) is 0.250. The van der Waals surface area contributed by atoms with E-state index in [9.17, 15) is 4.79 Å². The third kappa shape index (κ3) is 1.64. The van der Waals surface area contributed by atoms with E-state index >= 15 is 0 Å². The van der Waals surface area contributed by atoms with E-state index in [0.29, 0.717) is 11.5 Å². The van der Waals surface area contributed by atoms with E-state index < -0.39 is 0 Å². The molecular formula is C12H11BrN4O. The maximum Gasteiger partial charge on any atom is 0.348 e. The Morgan fingerprint density at radius 3 is 2.89 bits per heavy atom. The number of aromatic amines is 1. The summed E-state index contributed by atoms with van der Waals surface area (Å²) in [4.78, 5) is 19.2. The van der Waals surface area contributed by atoms with Gasteiger partial charge in [-0.05, 0) is 18.2 Å². The monoisotopic (exact) mass is 306 g/mol. The van der Waals surface area contributed by atoms with Crippen molar-refractivity contribution in [1.29, 1.82) is 0 Å². The summed E-state index contributed by atoms with van der Waals surface area (Å²) in [5.74, 6) is 0.866. The lowest BCUT2D eigenvalue weighted by Crippen LogP contribution is -2.17. The average molecular weight is 307 g/mol. The Hall–Kier alpha value is -1.69. The number of nitrogens with one attached hydrogen (secondary N) is 1. The van der Waals surface area contributed by atoms with Gasteiger partial charge in [0.25, 0.3) is 0 Å². The van der Waals surface area contributed by atoms with Crippen LogP contribution >= 0.6 is 15.9 Å². The zero-order valence-electron chi connectivity index (χ0n) is 9.94. The van der Waals surface area contributed by atoms with Gasteiger partial charge in [0.15, 0.2) is 11.5 Å². The molecule has 0 saturated carbocycles. The summed E-state index contributed by atoms with van der Waals surface area (Å²) in [6.45, 7) is 4.00. The number of rotatable bonds is 1. The van der Waals surface area contributed by atoms with Crippen molar-refractivity contribution in [2.75, 3.05) is 0 Å². The van der Waals surface area contributed by atoms with Crippen LogP contribution in [0.5, 0.6) is 0 Å². The lowest BCUT2D eigenvalue weighted by atomic mass is 10.2. The molecule has 0 aliphatic carbocycles. The van der Waals surface area contributed by atoms with E-state index in [0.717, 1.165) is 15.4 Å². The van der Waals surface area contributed by atoms with E-state index in [1.807, 2.05) is 32.0 Å². The summed E-state index contributed by atoms with van der Waals surface area (Å²) >= 11 is 3.38. The van der Waals surface area contributed by atoms with Crippen LogP contribution in [-0.4, -0.2) is 19.6 Å². The van der Waals surface area contributed by atoms with E-state index in [2.05, 4.69) is 31.0 Å². The maximum absolute atomic E-state index is 11.9. The number of halogens is 1. The predicted molar refractivity (Wildman–Crippen MR) is 72.9 cm³/mol. The molecule has 3 aromatic rings. The Balaban J connectivity index is 2.49. The van der Waals surface area contributed by atoms with Gasteiger partial charge in [0.05, 0.1) is 5.52 Å². The number of nitrogens with zero attached hydrogens (tertiary/aromatic N) is 3. The van der Waals surface area contributed by atoms with Gasteiger partial charge in [-0.25, -0.2) is 9.78 Å². The lowest BCUT2D eigenvalue weighted by Gasteiger charge is -1.99. The third-order valence-corrected chi connectivity index (χ3v) is 3.29. The highest BCUT2D eigenvalue weighted by Crippen LogP contribution is 2.21. The van der Waals surface area contributed by atoms with Crippen molar-refractivity contribution < 1.29 is 0 Å². The lowest BCUT2D eigenvalue weighted by molar-refractivity contribution is 0.753. The number of hydrogen-bond acceptors (Lipinski definition) is 3. The van der Waals surface area contributed by atoms with Gasteiger partial charge in [-0.15, -0.1) is 5.10 Å². The Kier molecular flexibility index (Phi) is 2.48. The molecule has 0 bridgehead atoms. The van der Waals surface area contributed by atoms with E-state index in [4.69, 9.17) is 0 Å². The van der Waals surface area contributed by atoms with Crippen LogP contribution in [0.15, 0.2) is 27.5 Å². The van der Waals surface area contributed by atoms with Crippen molar-refractivity contribution in [3.63, 3.8) is 0 Å². The van der Waals surface area contributed by atoms with Crippen molar-refractivity contribution in [2.45, 2.75) is 19.8 Å². The van der Waals surface area contributed by atoms with Gasteiger partial charge in [0, 0.05) is 15.8 Å². The van der Waals surface area contributed by atoms with Gasteiger partial charge in [0.1, 0.15) is 0 Å². The van der Waals surface area contributed by atoms with Gasteiger partial charge < -0.3 is 4.98 Å². The molecule has 0 atom stereocenters. The smallest absolute Gasteiger partial charge is 0.305 e. The van der Waals surface area contributed by atoms with E-state index in [-0.39, 0.29) is 11.6 Å². The second kappa shape index (κ2) is 3.91. The molecule has 0 unspecified atom stereocenters. The minimum Gasteiger partial charge on any atom is -0.305 e. The molecule has 18 heavy (non-hydrogen) atoms. The molecule has 1 N–H and O–H groups in total. The summed E-state index contributed by atoms with van der Waals surface area (Å²) in [6, 6.07) is 5.70. The predicted octanol–water partition coefficient (Wildman–Crippen LogP) is 2.46. The highest BCUT2D eigenvalue weighted by atomic mass is 79.9. The van der Waals surface area contributed by atoms with Crippen molar-refractivity contribution in [3.8, 4) is 0 Å². The first-order chi connectivity index (χ1) is 8.56. The fourth-order valence-electron chi connectivity index (χ4n) is 1.87. The first-order valence-electron chi connectivity index (χ1n) is 5.64. The molecule has 0 radical (unpaired) electrons. The first kappa shape index (κ1) is 11.4. The summed E-state index contributed by atoms with van der Waals surface area (Å²) in [5.41, 5.74) is 1.09. The normalized spacial score (nSPS) is 11.8. The molecular weight excluding hydrogens is 296 g/mol. The Labute approximate surface area is 111 Å². The topological polar surface area (TPSA) is 63.0 Å². The summed E-state index contributed by atoms with van der Waals surface area (Å²) in [6.07, 6.45) is 0. The number of benzene rings is 1. The molecule has 0 saturated heterocycles. The number of aromatic nitrogens is 4. The van der Waals surface area contributed by atoms with Crippen LogP contribution in [-0.2, 0) is 0 Å². The second-order valence-corrected chi connectivity index (χ2v) is 5.40. The molecule has 1 aromatic carbocycles. The van der Waals surface area contributed by atoms with Crippen molar-refractivity contribution in [1.82, 2.24) is 19.6 Å². The van der Waals surface area contributed by atoms with Crippen molar-refractivity contribution >= 4 is 32.5 Å². The molecule has 0 aliphatic rings. The van der Waals surface area contributed by atoms with Gasteiger partial charge in [0.2, 0.25) is 0 Å². The molecule has 0 aliphatic heterocycles. The second-order valence-electron chi connectivity index (χ2n) is 4.48. The molecule has 2 heterocycles. The van der Waals surface area contributed by atoms with Crippen LogP contribution in [0.3, 0.4) is 0 Å². The fourth-order valence-corrected chi connectivity index (χ4v) is 2.23. The largest absolute Gasteiger partial charge is 0.348 e. The van der Waals surface area contributed by atoms with Crippen LogP contribution in [0.2, 0.25) is 0 Å². The highest BCUT2D eigenvalue weighted by Gasteiger charge is 2.12. The molecule has 6 heteroatoms. The highest BCUT2D eigenvalue weighted by molar-refractivity contribution is 9.10. The molecule has 0 amide bonds. The van der Waals surface area contributed by atoms with Crippen LogP contribution in [0.25, 0.3) is 16.6 Å². The standard InChI is InChI=1S/C12H11BrN4O/c1-6(2)10-15-11-8-4-3-7(13)5-9(8)14-12(18)17(11)16-10/h3-6H,1-2H3,(H,14,18). The Bertz CT molecular complexity index is 803. The van der Waals surface area contributed by atoms with E-state index in [1.165, 1.54) is 4.52 Å². The quantitative estimate of drug-likeness (QED) is 0.751. The third-order valence-electron chi connectivity index (χ3n) is 2.80. The molecule has 2 aromatic heterocycles. The van der Waals surface area contributed by atoms with Crippen LogP contribution < -0.4 is 5.69 Å². The summed E-state index contributed by atoms with van der Waals surface area (Å²) in [7, 11) is 0. The zero-order chi connectivity index (χ0) is 12.9. The first-order valence-corrected chi connectivity index (χ1v) is 6.44. The molecule has 3 rings (SSSR count). The minimum atomic E-state index is -0.269. The van der Waals surface area contributed by atoms with Gasteiger partial charge in [-0.2, -0.15) is 4.52 Å². The van der Waals surface area contributed by atoms with Crippen LogP contribution in [0, 0.1) is 0 Å². The van der Waals surface area contributed by atoms with E-state index in [1.54, 1.807) is 0 Å². The molecule has 92 valence electrons. The van der Waals surface area contributed by atoms with Crippen molar-refractivity contribution in [2.24, 2.45) is 0 Å². The SMILES string of the molecule is CC(C)c1nc2c3ccc(Br)cc3[nH]c(=O)n2n1. The molecule has 0 fully saturated rings. The number of hydrogen-bond donors (Lipinski definition) is 1. The summed E-state index contributed by atoms with van der Waals surface area (Å²) < 4.78 is 2.24. The molecule has 0 spiro atoms. The maximum atomic E-state index is 11.9. The Morgan fingerprint density at radius 2 is 2.17 bits per heavy atom. The number of H-pyrrole nitrogens is 1. The van der Waals surface area contributed by atoms with Gasteiger partial charge in [-0.1, -0.05) is 29.8 Å².